The minimum atomic E-state index is -3.58. The number of piperidine rings is 1. The van der Waals surface area contributed by atoms with E-state index in [1.54, 1.807) is 0 Å². The van der Waals surface area contributed by atoms with Gasteiger partial charge >= 0.3 is 0 Å². The van der Waals surface area contributed by atoms with Crippen molar-refractivity contribution in [2.24, 2.45) is 5.92 Å². The maximum Gasteiger partial charge on any atom is 0.258 e. The minimum Gasteiger partial charge on any atom is -0.322 e. The number of carbonyl (C=O) groups is 1. The summed E-state index contributed by atoms with van der Waals surface area (Å²) < 4.78 is 53.5. The number of sulfonamides is 1. The van der Waals surface area contributed by atoms with Crippen LogP contribution >= 0.6 is 0 Å². The highest BCUT2D eigenvalue weighted by molar-refractivity contribution is 7.89. The molecule has 1 N–H and O–H groups in total. The standard InChI is InChI=1S/C19H20F2N2O3S/c1-13-3-2-10-23(12-13)27(25,26)16-7-5-15(6-8-16)22-19(24)17-9-4-14(20)11-18(17)21/h4-9,11,13H,2-3,10,12H2,1H3,(H,22,24). The molecule has 1 heterocycles. The Kier molecular flexibility index (Phi) is 5.57. The molecule has 0 radical (unpaired) electrons. The Morgan fingerprint density at radius 1 is 1.15 bits per heavy atom. The second kappa shape index (κ2) is 7.74. The van der Waals surface area contributed by atoms with E-state index in [0.717, 1.165) is 25.0 Å². The third-order valence-corrected chi connectivity index (χ3v) is 6.42. The number of hydrogen-bond acceptors (Lipinski definition) is 3. The molecular weight excluding hydrogens is 374 g/mol. The Morgan fingerprint density at radius 2 is 1.85 bits per heavy atom. The molecule has 1 aliphatic rings. The van der Waals surface area contributed by atoms with Crippen LogP contribution in [0.15, 0.2) is 47.4 Å². The summed E-state index contributed by atoms with van der Waals surface area (Å²) in [4.78, 5) is 12.3. The molecule has 1 unspecified atom stereocenters. The van der Waals surface area contributed by atoms with E-state index in [-0.39, 0.29) is 10.5 Å². The highest BCUT2D eigenvalue weighted by Gasteiger charge is 2.28. The van der Waals surface area contributed by atoms with Crippen molar-refractivity contribution >= 4 is 21.6 Å². The molecule has 1 saturated heterocycles. The van der Waals surface area contributed by atoms with Gasteiger partial charge in [0.25, 0.3) is 5.91 Å². The average Bonchev–Trinajstić information content (AvgIpc) is 2.62. The van der Waals surface area contributed by atoms with Crippen molar-refractivity contribution in [3.05, 3.63) is 59.7 Å². The monoisotopic (exact) mass is 394 g/mol. The number of nitrogens with zero attached hydrogens (tertiary/aromatic N) is 1. The lowest BCUT2D eigenvalue weighted by molar-refractivity contribution is 0.102. The minimum absolute atomic E-state index is 0.141. The lowest BCUT2D eigenvalue weighted by atomic mass is 10.0. The number of hydrogen-bond donors (Lipinski definition) is 1. The van der Waals surface area contributed by atoms with Gasteiger partial charge in [0.2, 0.25) is 10.0 Å². The van der Waals surface area contributed by atoms with Crippen molar-refractivity contribution in [2.75, 3.05) is 18.4 Å². The summed E-state index contributed by atoms with van der Waals surface area (Å²) >= 11 is 0. The van der Waals surface area contributed by atoms with Gasteiger partial charge in [-0.3, -0.25) is 4.79 Å². The van der Waals surface area contributed by atoms with Crippen molar-refractivity contribution in [3.8, 4) is 0 Å². The van der Waals surface area contributed by atoms with Gasteiger partial charge in [-0.25, -0.2) is 17.2 Å². The number of nitrogens with one attached hydrogen (secondary N) is 1. The Morgan fingerprint density at radius 3 is 2.48 bits per heavy atom. The highest BCUT2D eigenvalue weighted by atomic mass is 32.2. The Hall–Kier alpha value is -2.32. The molecule has 3 rings (SSSR count). The van der Waals surface area contributed by atoms with Crippen LogP contribution < -0.4 is 5.32 Å². The van der Waals surface area contributed by atoms with Gasteiger partial charge in [0, 0.05) is 24.8 Å². The zero-order chi connectivity index (χ0) is 19.6. The number of rotatable bonds is 4. The first-order chi connectivity index (χ1) is 12.8. The van der Waals surface area contributed by atoms with Gasteiger partial charge in [0.15, 0.2) is 0 Å². The first kappa shape index (κ1) is 19.4. The SMILES string of the molecule is CC1CCCN(S(=O)(=O)c2ccc(NC(=O)c3ccc(F)cc3F)cc2)C1. The zero-order valence-corrected chi connectivity index (χ0v) is 15.6. The molecule has 0 spiro atoms. The van der Waals surface area contributed by atoms with Gasteiger partial charge in [-0.05, 0) is 55.2 Å². The Bertz CT molecular complexity index is 946. The lowest BCUT2D eigenvalue weighted by Gasteiger charge is -2.30. The average molecular weight is 394 g/mol. The summed E-state index contributed by atoms with van der Waals surface area (Å²) in [5, 5.41) is 2.47. The Balaban J connectivity index is 1.74. The molecule has 2 aromatic carbocycles. The summed E-state index contributed by atoms with van der Waals surface area (Å²) in [6.45, 7) is 3.01. The van der Waals surface area contributed by atoms with E-state index < -0.39 is 27.6 Å². The van der Waals surface area contributed by atoms with Crippen LogP contribution in [-0.2, 0) is 10.0 Å². The Labute approximate surface area is 157 Å². The van der Waals surface area contributed by atoms with Crippen LogP contribution in [0.1, 0.15) is 30.1 Å². The molecule has 27 heavy (non-hydrogen) atoms. The first-order valence-corrected chi connectivity index (χ1v) is 10.1. The number of halogens is 2. The van der Waals surface area contributed by atoms with Crippen LogP contribution in [0.2, 0.25) is 0 Å². The van der Waals surface area contributed by atoms with Crippen LogP contribution in [0.3, 0.4) is 0 Å². The third-order valence-electron chi connectivity index (χ3n) is 4.55. The number of anilines is 1. The fourth-order valence-electron chi connectivity index (χ4n) is 3.10. The highest BCUT2D eigenvalue weighted by Crippen LogP contribution is 2.24. The molecule has 0 aromatic heterocycles. The fourth-order valence-corrected chi connectivity index (χ4v) is 4.69. The summed E-state index contributed by atoms with van der Waals surface area (Å²) in [7, 11) is -3.58. The van der Waals surface area contributed by atoms with E-state index in [2.05, 4.69) is 5.32 Å². The summed E-state index contributed by atoms with van der Waals surface area (Å²) in [6.07, 6.45) is 1.84. The number of carbonyl (C=O) groups excluding carboxylic acids is 1. The van der Waals surface area contributed by atoms with Gasteiger partial charge < -0.3 is 5.32 Å². The normalized spacial score (nSPS) is 18.3. The topological polar surface area (TPSA) is 66.5 Å². The predicted octanol–water partition coefficient (Wildman–Crippen LogP) is 3.64. The quantitative estimate of drug-likeness (QED) is 0.861. The van der Waals surface area contributed by atoms with Gasteiger partial charge in [-0.1, -0.05) is 6.92 Å². The molecule has 1 aliphatic heterocycles. The third kappa shape index (κ3) is 4.33. The molecule has 1 fully saturated rings. The molecule has 8 heteroatoms. The summed E-state index contributed by atoms with van der Waals surface area (Å²) in [5.41, 5.74) is 0.0186. The van der Waals surface area contributed by atoms with Crippen LogP contribution in [-0.4, -0.2) is 31.7 Å². The predicted molar refractivity (Wildman–Crippen MR) is 97.9 cm³/mol. The second-order valence-electron chi connectivity index (χ2n) is 6.71. The molecule has 0 saturated carbocycles. The van der Waals surface area contributed by atoms with Crippen LogP contribution in [0, 0.1) is 17.6 Å². The van der Waals surface area contributed by atoms with Crippen LogP contribution in [0.4, 0.5) is 14.5 Å². The van der Waals surface area contributed by atoms with Gasteiger partial charge in [-0.2, -0.15) is 4.31 Å². The van der Waals surface area contributed by atoms with Crippen LogP contribution in [0.5, 0.6) is 0 Å². The van der Waals surface area contributed by atoms with Crippen molar-refractivity contribution in [1.29, 1.82) is 0 Å². The molecule has 0 bridgehead atoms. The fraction of sp³-hybridized carbons (Fsp3) is 0.316. The van der Waals surface area contributed by atoms with E-state index >= 15 is 0 Å². The molecule has 2 aromatic rings. The molecule has 144 valence electrons. The number of benzene rings is 2. The smallest absolute Gasteiger partial charge is 0.258 e. The van der Waals surface area contributed by atoms with Crippen molar-refractivity contribution in [2.45, 2.75) is 24.7 Å². The van der Waals surface area contributed by atoms with Crippen molar-refractivity contribution < 1.29 is 22.0 Å². The maximum atomic E-state index is 13.7. The van der Waals surface area contributed by atoms with E-state index in [1.165, 1.54) is 28.6 Å². The van der Waals surface area contributed by atoms with E-state index in [4.69, 9.17) is 0 Å². The van der Waals surface area contributed by atoms with E-state index in [0.29, 0.717) is 30.8 Å². The van der Waals surface area contributed by atoms with Crippen LogP contribution in [0.25, 0.3) is 0 Å². The number of amides is 1. The van der Waals surface area contributed by atoms with Gasteiger partial charge in [0.1, 0.15) is 11.6 Å². The first-order valence-electron chi connectivity index (χ1n) is 8.64. The maximum absolute atomic E-state index is 13.7. The molecular formula is C19H20F2N2O3S. The molecule has 1 atom stereocenters. The molecule has 5 nitrogen and oxygen atoms in total. The summed E-state index contributed by atoms with van der Waals surface area (Å²) in [6, 6.07) is 8.38. The van der Waals surface area contributed by atoms with E-state index in [9.17, 15) is 22.0 Å². The van der Waals surface area contributed by atoms with Crippen molar-refractivity contribution in [1.82, 2.24) is 4.31 Å². The van der Waals surface area contributed by atoms with Gasteiger partial charge in [0.05, 0.1) is 10.5 Å². The zero-order valence-electron chi connectivity index (χ0n) is 14.8. The largest absolute Gasteiger partial charge is 0.322 e. The van der Waals surface area contributed by atoms with Gasteiger partial charge in [-0.15, -0.1) is 0 Å². The van der Waals surface area contributed by atoms with Crippen molar-refractivity contribution in [3.63, 3.8) is 0 Å². The molecule has 1 amide bonds. The van der Waals surface area contributed by atoms with E-state index in [1.807, 2.05) is 6.92 Å². The summed E-state index contributed by atoms with van der Waals surface area (Å²) in [5.74, 6) is -2.16. The lowest BCUT2D eigenvalue weighted by Crippen LogP contribution is -2.39. The molecule has 0 aliphatic carbocycles. The second-order valence-corrected chi connectivity index (χ2v) is 8.65.